The maximum absolute atomic E-state index is 12.3. The van der Waals surface area contributed by atoms with E-state index in [0.29, 0.717) is 22.5 Å². The van der Waals surface area contributed by atoms with Crippen molar-refractivity contribution in [3.05, 3.63) is 59.7 Å². The largest absolute Gasteiger partial charge is 0.289 e. The molecule has 0 unspecified atom stereocenters. The van der Waals surface area contributed by atoms with Gasteiger partial charge in [0, 0.05) is 11.1 Å². The quantitative estimate of drug-likeness (QED) is 0.317. The van der Waals surface area contributed by atoms with Crippen LogP contribution >= 0.6 is 0 Å². The van der Waals surface area contributed by atoms with Crippen LogP contribution in [0.2, 0.25) is 0 Å². The van der Waals surface area contributed by atoms with Crippen LogP contribution in [0.4, 0.5) is 11.4 Å². The first-order valence-electron chi connectivity index (χ1n) is 7.64. The van der Waals surface area contributed by atoms with Gasteiger partial charge in [0.2, 0.25) is 24.3 Å². The molecule has 0 spiro atoms. The number of rotatable bonds is 7. The Balaban J connectivity index is 0.000000416. The van der Waals surface area contributed by atoms with Gasteiger partial charge in [-0.3, -0.25) is 4.79 Å². The van der Waals surface area contributed by atoms with Crippen molar-refractivity contribution in [3.63, 3.8) is 0 Å². The zero-order chi connectivity index (χ0) is 20.6. The summed E-state index contributed by atoms with van der Waals surface area (Å²) < 4.78 is 0. The SMILES string of the molecule is O=C=NCCN=C=O.O=C=Nc1cccc(C(=O)c2cccc(N=C=O)c2)c1. The molecule has 0 fully saturated rings. The van der Waals surface area contributed by atoms with E-state index in [0.717, 1.165) is 0 Å². The number of hydrogen-bond donors (Lipinski definition) is 0. The van der Waals surface area contributed by atoms with Crippen molar-refractivity contribution in [3.8, 4) is 0 Å². The summed E-state index contributed by atoms with van der Waals surface area (Å²) in [5.41, 5.74) is 1.48. The van der Waals surface area contributed by atoms with Crippen LogP contribution in [0, 0.1) is 0 Å². The number of carbonyl (C=O) groups excluding carboxylic acids is 5. The molecule has 0 saturated carbocycles. The molecule has 2 rings (SSSR count). The first kappa shape index (κ1) is 21.7. The third-order valence-electron chi connectivity index (χ3n) is 3.02. The second kappa shape index (κ2) is 12.9. The molecule has 0 aromatic heterocycles. The van der Waals surface area contributed by atoms with Gasteiger partial charge in [-0.1, -0.05) is 24.3 Å². The molecule has 0 heterocycles. The van der Waals surface area contributed by atoms with Crippen molar-refractivity contribution in [1.82, 2.24) is 0 Å². The lowest BCUT2D eigenvalue weighted by Crippen LogP contribution is -2.00. The molecule has 138 valence electrons. The van der Waals surface area contributed by atoms with E-state index in [4.69, 9.17) is 0 Å². The van der Waals surface area contributed by atoms with Crippen LogP contribution in [-0.2, 0) is 19.2 Å². The summed E-state index contributed by atoms with van der Waals surface area (Å²) in [4.78, 5) is 64.6. The Morgan fingerprint density at radius 3 is 1.46 bits per heavy atom. The fourth-order valence-electron chi connectivity index (χ4n) is 1.90. The average Bonchev–Trinajstić information content (AvgIpc) is 2.72. The minimum atomic E-state index is -0.254. The molecule has 2 aromatic rings. The minimum Gasteiger partial charge on any atom is -0.289 e. The van der Waals surface area contributed by atoms with Crippen LogP contribution in [0.3, 0.4) is 0 Å². The van der Waals surface area contributed by atoms with Crippen molar-refractivity contribution in [2.24, 2.45) is 20.0 Å². The third kappa shape index (κ3) is 7.68. The smallest absolute Gasteiger partial charge is 0.240 e. The molecular formula is C19H12N4O5. The molecular weight excluding hydrogens is 364 g/mol. The van der Waals surface area contributed by atoms with Crippen molar-refractivity contribution < 1.29 is 24.0 Å². The van der Waals surface area contributed by atoms with Gasteiger partial charge >= 0.3 is 0 Å². The summed E-state index contributed by atoms with van der Waals surface area (Å²) in [6.07, 6.45) is 5.47. The first-order valence-corrected chi connectivity index (χ1v) is 7.64. The second-order valence-corrected chi connectivity index (χ2v) is 4.78. The summed E-state index contributed by atoms with van der Waals surface area (Å²) >= 11 is 0. The maximum Gasteiger partial charge on any atom is 0.240 e. The van der Waals surface area contributed by atoms with E-state index in [2.05, 4.69) is 20.0 Å². The third-order valence-corrected chi connectivity index (χ3v) is 3.02. The van der Waals surface area contributed by atoms with Crippen LogP contribution in [-0.4, -0.2) is 43.2 Å². The molecule has 0 saturated heterocycles. The fourth-order valence-corrected chi connectivity index (χ4v) is 1.90. The van der Waals surface area contributed by atoms with Crippen molar-refractivity contribution >= 4 is 41.5 Å². The highest BCUT2D eigenvalue weighted by atomic mass is 16.1. The minimum absolute atomic E-state index is 0.221. The summed E-state index contributed by atoms with van der Waals surface area (Å²) in [5.74, 6) is -0.254. The van der Waals surface area contributed by atoms with Crippen molar-refractivity contribution in [2.75, 3.05) is 13.1 Å². The van der Waals surface area contributed by atoms with E-state index in [9.17, 15) is 24.0 Å². The molecule has 9 heteroatoms. The van der Waals surface area contributed by atoms with Gasteiger partial charge in [-0.15, -0.1) is 0 Å². The standard InChI is InChI=1S/C15H8N2O3.C4H4N2O2/c18-9-16-13-5-1-3-11(7-13)15(20)12-4-2-6-14(8-12)17-10-19;7-3-5-1-2-6-4-8/h1-8H;1-2H2. The van der Waals surface area contributed by atoms with Gasteiger partial charge in [0.1, 0.15) is 0 Å². The summed E-state index contributed by atoms with van der Waals surface area (Å²) in [6, 6.07) is 12.6. The molecule has 0 radical (unpaired) electrons. The Labute approximate surface area is 158 Å². The topological polar surface area (TPSA) is 135 Å². The van der Waals surface area contributed by atoms with Gasteiger partial charge in [-0.25, -0.2) is 29.2 Å². The van der Waals surface area contributed by atoms with Gasteiger partial charge in [-0.2, -0.15) is 9.98 Å². The number of nitrogens with zero attached hydrogens (tertiary/aromatic N) is 4. The fraction of sp³-hybridized carbons (Fsp3) is 0.105. The second-order valence-electron chi connectivity index (χ2n) is 4.78. The van der Waals surface area contributed by atoms with E-state index in [1.807, 2.05) is 0 Å². The normalized spacial score (nSPS) is 8.43. The number of ketones is 1. The highest BCUT2D eigenvalue weighted by molar-refractivity contribution is 6.09. The molecule has 0 bridgehead atoms. The van der Waals surface area contributed by atoms with Gasteiger partial charge in [0.15, 0.2) is 5.78 Å². The summed E-state index contributed by atoms with van der Waals surface area (Å²) in [7, 11) is 0. The Morgan fingerprint density at radius 1 is 0.679 bits per heavy atom. The molecule has 28 heavy (non-hydrogen) atoms. The zero-order valence-corrected chi connectivity index (χ0v) is 14.4. The average molecular weight is 376 g/mol. The zero-order valence-electron chi connectivity index (χ0n) is 14.4. The number of isocyanates is 4. The van der Waals surface area contributed by atoms with E-state index in [1.54, 1.807) is 36.4 Å². The Hall–Kier alpha value is -4.37. The van der Waals surface area contributed by atoms with E-state index in [-0.39, 0.29) is 18.9 Å². The van der Waals surface area contributed by atoms with Crippen molar-refractivity contribution in [1.29, 1.82) is 0 Å². The molecule has 9 nitrogen and oxygen atoms in total. The van der Waals surface area contributed by atoms with E-state index < -0.39 is 0 Å². The molecule has 0 N–H and O–H groups in total. The lowest BCUT2D eigenvalue weighted by molar-refractivity contribution is 0.103. The lowest BCUT2D eigenvalue weighted by Gasteiger charge is -2.02. The number of benzene rings is 2. The number of aliphatic imine (C=N–C) groups is 4. The van der Waals surface area contributed by atoms with Gasteiger partial charge < -0.3 is 0 Å². The van der Waals surface area contributed by atoms with Crippen LogP contribution in [0.1, 0.15) is 15.9 Å². The Bertz CT molecular complexity index is 943. The first-order chi connectivity index (χ1) is 13.7. The summed E-state index contributed by atoms with van der Waals surface area (Å²) in [6.45, 7) is 0.442. The number of carbonyl (C=O) groups is 1. The monoisotopic (exact) mass is 376 g/mol. The molecule has 0 aliphatic rings. The van der Waals surface area contributed by atoms with E-state index >= 15 is 0 Å². The van der Waals surface area contributed by atoms with Crippen LogP contribution in [0.25, 0.3) is 0 Å². The van der Waals surface area contributed by atoms with E-state index in [1.165, 1.54) is 36.5 Å². The predicted octanol–water partition coefficient (Wildman–Crippen LogP) is 2.51. The predicted molar refractivity (Wildman–Crippen MR) is 97.9 cm³/mol. The molecule has 0 atom stereocenters. The van der Waals surface area contributed by atoms with Gasteiger partial charge in [-0.05, 0) is 24.3 Å². The molecule has 0 amide bonds. The Morgan fingerprint density at radius 2 is 1.11 bits per heavy atom. The Kier molecular flexibility index (Phi) is 10.00. The number of hydrogen-bond acceptors (Lipinski definition) is 9. The molecule has 0 aliphatic heterocycles. The summed E-state index contributed by atoms with van der Waals surface area (Å²) in [5, 5.41) is 0. The van der Waals surface area contributed by atoms with Crippen LogP contribution < -0.4 is 0 Å². The highest BCUT2D eigenvalue weighted by Gasteiger charge is 2.10. The van der Waals surface area contributed by atoms with Crippen LogP contribution in [0.15, 0.2) is 68.5 Å². The highest BCUT2D eigenvalue weighted by Crippen LogP contribution is 2.19. The lowest BCUT2D eigenvalue weighted by atomic mass is 10.0. The molecule has 0 aliphatic carbocycles. The molecule has 2 aromatic carbocycles. The van der Waals surface area contributed by atoms with Crippen molar-refractivity contribution in [2.45, 2.75) is 0 Å². The van der Waals surface area contributed by atoms with Crippen LogP contribution in [0.5, 0.6) is 0 Å². The maximum atomic E-state index is 12.3. The van der Waals surface area contributed by atoms with Gasteiger partial charge in [0.25, 0.3) is 0 Å². The van der Waals surface area contributed by atoms with Gasteiger partial charge in [0.05, 0.1) is 24.5 Å².